The molecule has 2 saturated heterocycles. The molecule has 0 unspecified atom stereocenters. The quantitative estimate of drug-likeness (QED) is 0.496. The van der Waals surface area contributed by atoms with E-state index in [1.165, 1.54) is 11.1 Å². The van der Waals surface area contributed by atoms with Gasteiger partial charge in [-0.05, 0) is 12.1 Å². The predicted molar refractivity (Wildman–Crippen MR) is 132 cm³/mol. The smallest absolute Gasteiger partial charge is 0.211 e. The number of hydrogen-bond donors (Lipinski definition) is 0. The molecule has 3 aromatic heterocycles. The molecule has 182 valence electrons. The zero-order valence-electron chi connectivity index (χ0n) is 19.3. The zero-order chi connectivity index (χ0) is 23.7. The van der Waals surface area contributed by atoms with Gasteiger partial charge in [-0.2, -0.15) is 4.31 Å². The summed E-state index contributed by atoms with van der Waals surface area (Å²) in [7, 11) is -1.52. The van der Waals surface area contributed by atoms with Gasteiger partial charge in [-0.1, -0.05) is 0 Å². The highest BCUT2D eigenvalue weighted by atomic mass is 32.2. The van der Waals surface area contributed by atoms with Gasteiger partial charge in [-0.15, -0.1) is 11.3 Å². The number of fused-ring (bicyclic) bond motifs is 1. The van der Waals surface area contributed by atoms with Gasteiger partial charge < -0.3 is 14.4 Å². The first-order valence-corrected chi connectivity index (χ1v) is 13.9. The van der Waals surface area contributed by atoms with Crippen LogP contribution in [0.25, 0.3) is 21.6 Å². The first-order chi connectivity index (χ1) is 16.4. The summed E-state index contributed by atoms with van der Waals surface area (Å²) in [5, 5.41) is 0. The first kappa shape index (κ1) is 23.4. The van der Waals surface area contributed by atoms with Crippen LogP contribution in [0.2, 0.25) is 0 Å². The molecule has 10 nitrogen and oxygen atoms in total. The van der Waals surface area contributed by atoms with Crippen LogP contribution in [0.1, 0.15) is 4.88 Å². The number of nitrogens with zero attached hydrogens (tertiary/aromatic N) is 6. The zero-order valence-corrected chi connectivity index (χ0v) is 20.9. The van der Waals surface area contributed by atoms with Gasteiger partial charge in [0.1, 0.15) is 5.75 Å². The van der Waals surface area contributed by atoms with Crippen LogP contribution >= 0.6 is 11.3 Å². The van der Waals surface area contributed by atoms with Crippen LogP contribution in [0.5, 0.6) is 5.75 Å². The Morgan fingerprint density at radius 1 is 1.06 bits per heavy atom. The second-order valence-electron chi connectivity index (χ2n) is 8.45. The van der Waals surface area contributed by atoms with E-state index in [9.17, 15) is 8.42 Å². The molecule has 2 aliphatic heterocycles. The maximum Gasteiger partial charge on any atom is 0.211 e. The molecule has 0 atom stereocenters. The SMILES string of the molecule is COc1cncc(-c2nc(N3CCOCC3)c3sc(CN4CCN(S(C)(=O)=O)CC4)cc3n2)c1. The third-order valence-corrected chi connectivity index (χ3v) is 8.51. The monoisotopic (exact) mass is 504 g/mol. The van der Waals surface area contributed by atoms with Crippen LogP contribution in [0.3, 0.4) is 0 Å². The summed E-state index contributed by atoms with van der Waals surface area (Å²) >= 11 is 1.71. The van der Waals surface area contributed by atoms with Crippen molar-refractivity contribution in [2.45, 2.75) is 6.54 Å². The van der Waals surface area contributed by atoms with Crippen molar-refractivity contribution in [2.75, 3.05) is 70.7 Å². The predicted octanol–water partition coefficient (Wildman–Crippen LogP) is 1.68. The van der Waals surface area contributed by atoms with E-state index in [0.717, 1.165) is 41.2 Å². The summed E-state index contributed by atoms with van der Waals surface area (Å²) in [4.78, 5) is 19.8. The summed E-state index contributed by atoms with van der Waals surface area (Å²) in [6.45, 7) is 6.14. The average molecular weight is 505 g/mol. The minimum Gasteiger partial charge on any atom is -0.495 e. The number of pyridine rings is 1. The molecule has 0 aliphatic carbocycles. The number of thiophene rings is 1. The molecule has 34 heavy (non-hydrogen) atoms. The van der Waals surface area contributed by atoms with E-state index in [-0.39, 0.29) is 0 Å². The van der Waals surface area contributed by atoms with E-state index in [4.69, 9.17) is 19.4 Å². The summed E-state index contributed by atoms with van der Waals surface area (Å²) in [6, 6.07) is 4.03. The first-order valence-electron chi connectivity index (χ1n) is 11.2. The van der Waals surface area contributed by atoms with Crippen LogP contribution < -0.4 is 9.64 Å². The number of anilines is 1. The largest absolute Gasteiger partial charge is 0.495 e. The molecule has 2 fully saturated rings. The molecule has 0 bridgehead atoms. The number of piperazine rings is 1. The Balaban J connectivity index is 1.46. The van der Waals surface area contributed by atoms with Gasteiger partial charge in [0, 0.05) is 62.5 Å². The molecule has 0 spiro atoms. The van der Waals surface area contributed by atoms with E-state index < -0.39 is 10.0 Å². The third kappa shape index (κ3) is 5.01. The highest BCUT2D eigenvalue weighted by Gasteiger charge is 2.25. The van der Waals surface area contributed by atoms with Gasteiger partial charge >= 0.3 is 0 Å². The fourth-order valence-corrected chi connectivity index (χ4v) is 6.23. The van der Waals surface area contributed by atoms with Crippen molar-refractivity contribution in [2.24, 2.45) is 0 Å². The normalized spacial score (nSPS) is 18.5. The fourth-order valence-electron chi connectivity index (χ4n) is 4.25. The maximum absolute atomic E-state index is 11.8. The molecule has 0 radical (unpaired) electrons. The van der Waals surface area contributed by atoms with Crippen molar-refractivity contribution in [1.29, 1.82) is 0 Å². The lowest BCUT2D eigenvalue weighted by Crippen LogP contribution is -2.47. The van der Waals surface area contributed by atoms with E-state index >= 15 is 0 Å². The van der Waals surface area contributed by atoms with E-state index in [2.05, 4.69) is 20.9 Å². The minimum atomic E-state index is -3.14. The van der Waals surface area contributed by atoms with Crippen LogP contribution in [-0.4, -0.2) is 98.4 Å². The summed E-state index contributed by atoms with van der Waals surface area (Å²) in [5.74, 6) is 2.20. The molecule has 12 heteroatoms. The lowest BCUT2D eigenvalue weighted by Gasteiger charge is -2.32. The highest BCUT2D eigenvalue weighted by molar-refractivity contribution is 7.88. The second kappa shape index (κ2) is 9.70. The Bertz CT molecular complexity index is 1270. The van der Waals surface area contributed by atoms with Gasteiger partial charge in [0.05, 0.1) is 43.0 Å². The van der Waals surface area contributed by atoms with Crippen molar-refractivity contribution in [3.63, 3.8) is 0 Å². The molecule has 5 heterocycles. The van der Waals surface area contributed by atoms with Crippen molar-refractivity contribution in [3.8, 4) is 17.1 Å². The molecule has 2 aliphatic rings. The molecule has 0 aromatic carbocycles. The van der Waals surface area contributed by atoms with Gasteiger partial charge in [0.25, 0.3) is 0 Å². The number of sulfonamides is 1. The van der Waals surface area contributed by atoms with Gasteiger partial charge in [0.15, 0.2) is 11.6 Å². The highest BCUT2D eigenvalue weighted by Crippen LogP contribution is 2.35. The lowest BCUT2D eigenvalue weighted by atomic mass is 10.2. The minimum absolute atomic E-state index is 0.523. The van der Waals surface area contributed by atoms with E-state index in [1.807, 2.05) is 6.07 Å². The number of methoxy groups -OCH3 is 1. The van der Waals surface area contributed by atoms with Gasteiger partial charge in [0.2, 0.25) is 10.0 Å². The number of hydrogen-bond acceptors (Lipinski definition) is 10. The Kier molecular flexibility index (Phi) is 6.67. The van der Waals surface area contributed by atoms with Crippen molar-refractivity contribution < 1.29 is 17.9 Å². The number of rotatable bonds is 6. The van der Waals surface area contributed by atoms with Gasteiger partial charge in [-0.3, -0.25) is 9.88 Å². The number of aromatic nitrogens is 3. The second-order valence-corrected chi connectivity index (χ2v) is 11.6. The Hall–Kier alpha value is -2.38. The molecule has 0 N–H and O–H groups in total. The molecule has 3 aromatic rings. The Labute approximate surface area is 203 Å². The molecule has 0 saturated carbocycles. The topological polar surface area (TPSA) is 101 Å². The number of morpholine rings is 1. The fraction of sp³-hybridized carbons (Fsp3) is 0.500. The summed E-state index contributed by atoms with van der Waals surface area (Å²) in [5.41, 5.74) is 1.71. The average Bonchev–Trinajstić information content (AvgIpc) is 3.26. The van der Waals surface area contributed by atoms with Crippen molar-refractivity contribution >= 4 is 37.4 Å². The van der Waals surface area contributed by atoms with Crippen LogP contribution in [0.15, 0.2) is 24.5 Å². The third-order valence-electron chi connectivity index (χ3n) is 6.10. The molecule has 5 rings (SSSR count). The van der Waals surface area contributed by atoms with Crippen LogP contribution in [-0.2, 0) is 21.3 Å². The number of ether oxygens (including phenoxy) is 2. The summed E-state index contributed by atoms with van der Waals surface area (Å²) < 4.78 is 37.1. The van der Waals surface area contributed by atoms with Crippen molar-refractivity contribution in [3.05, 3.63) is 29.4 Å². The van der Waals surface area contributed by atoms with E-state index in [0.29, 0.717) is 51.0 Å². The van der Waals surface area contributed by atoms with Gasteiger partial charge in [-0.25, -0.2) is 18.4 Å². The van der Waals surface area contributed by atoms with E-state index in [1.54, 1.807) is 35.1 Å². The van der Waals surface area contributed by atoms with Crippen molar-refractivity contribution in [1.82, 2.24) is 24.2 Å². The van der Waals surface area contributed by atoms with Crippen LogP contribution in [0, 0.1) is 0 Å². The molecular weight excluding hydrogens is 476 g/mol. The Morgan fingerprint density at radius 2 is 1.82 bits per heavy atom. The Morgan fingerprint density at radius 3 is 2.53 bits per heavy atom. The van der Waals surface area contributed by atoms with Crippen LogP contribution in [0.4, 0.5) is 5.82 Å². The maximum atomic E-state index is 11.8. The lowest BCUT2D eigenvalue weighted by molar-refractivity contribution is 0.122. The molecular formula is C22H28N6O4S2. The summed E-state index contributed by atoms with van der Waals surface area (Å²) in [6.07, 6.45) is 4.69. The molecule has 0 amide bonds. The standard InChI is InChI=1S/C22H28N6O4S2/c1-31-17-11-16(13-23-14-17)21-24-19-12-18(15-26-3-5-28(6-4-26)34(2,29)30)33-20(19)22(25-21)27-7-9-32-10-8-27/h11-14H,3-10,15H2,1-2H3.